The Labute approximate surface area is 101 Å². The van der Waals surface area contributed by atoms with E-state index >= 15 is 0 Å². The molecule has 2 rings (SSSR count). The van der Waals surface area contributed by atoms with Gasteiger partial charge in [-0.2, -0.15) is 0 Å². The molecule has 1 N–H and O–H groups in total. The van der Waals surface area contributed by atoms with E-state index in [0.29, 0.717) is 5.92 Å². The SMILES string of the molecule is CNCC1(c2cccc(Cl)c2F)CC(C)C1. The van der Waals surface area contributed by atoms with Crippen molar-refractivity contribution in [1.82, 2.24) is 5.32 Å². The number of nitrogens with one attached hydrogen (secondary N) is 1. The van der Waals surface area contributed by atoms with Crippen LogP contribution in [0.2, 0.25) is 5.02 Å². The summed E-state index contributed by atoms with van der Waals surface area (Å²) in [5.41, 5.74) is 0.718. The first kappa shape index (κ1) is 11.9. The fourth-order valence-corrected chi connectivity index (χ4v) is 3.16. The van der Waals surface area contributed by atoms with Crippen LogP contribution >= 0.6 is 11.6 Å². The van der Waals surface area contributed by atoms with E-state index in [1.807, 2.05) is 19.2 Å². The van der Waals surface area contributed by atoms with Gasteiger partial charge in [-0.1, -0.05) is 30.7 Å². The molecule has 0 radical (unpaired) electrons. The van der Waals surface area contributed by atoms with Crippen molar-refractivity contribution in [3.8, 4) is 0 Å². The summed E-state index contributed by atoms with van der Waals surface area (Å²) in [6.45, 7) is 3.02. The Morgan fingerprint density at radius 2 is 2.19 bits per heavy atom. The van der Waals surface area contributed by atoms with Crippen molar-refractivity contribution >= 4 is 11.6 Å². The summed E-state index contributed by atoms with van der Waals surface area (Å²) in [7, 11) is 1.91. The zero-order valence-electron chi connectivity index (χ0n) is 9.69. The Bertz CT molecular complexity index is 380. The second kappa shape index (κ2) is 4.34. The topological polar surface area (TPSA) is 12.0 Å². The van der Waals surface area contributed by atoms with Gasteiger partial charge in [0, 0.05) is 12.0 Å². The quantitative estimate of drug-likeness (QED) is 0.856. The van der Waals surface area contributed by atoms with E-state index in [9.17, 15) is 4.39 Å². The van der Waals surface area contributed by atoms with Crippen molar-refractivity contribution in [1.29, 1.82) is 0 Å². The molecule has 1 saturated carbocycles. The summed E-state index contributed by atoms with van der Waals surface area (Å²) in [6, 6.07) is 5.31. The lowest BCUT2D eigenvalue weighted by atomic mass is 9.59. The molecular weight excluding hydrogens is 225 g/mol. The zero-order chi connectivity index (χ0) is 11.8. The van der Waals surface area contributed by atoms with Crippen LogP contribution in [0.25, 0.3) is 0 Å². The van der Waals surface area contributed by atoms with Gasteiger partial charge in [0.2, 0.25) is 0 Å². The van der Waals surface area contributed by atoms with Gasteiger partial charge in [-0.05, 0) is 37.4 Å². The molecule has 88 valence electrons. The largest absolute Gasteiger partial charge is 0.319 e. The van der Waals surface area contributed by atoms with Crippen molar-refractivity contribution in [2.24, 2.45) is 5.92 Å². The Morgan fingerprint density at radius 1 is 1.50 bits per heavy atom. The minimum atomic E-state index is -0.244. The van der Waals surface area contributed by atoms with E-state index in [2.05, 4.69) is 12.2 Å². The summed E-state index contributed by atoms with van der Waals surface area (Å²) < 4.78 is 14.0. The molecule has 0 aromatic heterocycles. The van der Waals surface area contributed by atoms with E-state index < -0.39 is 0 Å². The summed E-state index contributed by atoms with van der Waals surface area (Å²) in [5.74, 6) is 0.429. The first-order valence-corrected chi connectivity index (χ1v) is 6.06. The zero-order valence-corrected chi connectivity index (χ0v) is 10.4. The van der Waals surface area contributed by atoms with Crippen LogP contribution in [-0.2, 0) is 5.41 Å². The number of rotatable bonds is 3. The van der Waals surface area contributed by atoms with Crippen LogP contribution in [0.1, 0.15) is 25.3 Å². The van der Waals surface area contributed by atoms with Crippen molar-refractivity contribution < 1.29 is 4.39 Å². The molecule has 1 aromatic rings. The van der Waals surface area contributed by atoms with Crippen LogP contribution in [-0.4, -0.2) is 13.6 Å². The molecule has 1 aliphatic carbocycles. The Balaban J connectivity index is 2.37. The van der Waals surface area contributed by atoms with Gasteiger partial charge in [0.25, 0.3) is 0 Å². The lowest BCUT2D eigenvalue weighted by Gasteiger charge is -2.47. The summed E-state index contributed by atoms with van der Waals surface area (Å²) >= 11 is 5.84. The molecule has 0 atom stereocenters. The normalized spacial score (nSPS) is 28.9. The Morgan fingerprint density at radius 3 is 2.75 bits per heavy atom. The first-order valence-electron chi connectivity index (χ1n) is 5.68. The van der Waals surface area contributed by atoms with Crippen molar-refractivity contribution in [2.45, 2.75) is 25.2 Å². The molecule has 3 heteroatoms. The fourth-order valence-electron chi connectivity index (χ4n) is 2.99. The number of halogens is 2. The highest BCUT2D eigenvalue weighted by Gasteiger charge is 2.44. The Hall–Kier alpha value is -0.600. The van der Waals surface area contributed by atoms with E-state index in [1.54, 1.807) is 6.07 Å². The molecule has 1 nitrogen and oxygen atoms in total. The molecule has 0 saturated heterocycles. The smallest absolute Gasteiger partial charge is 0.145 e. The first-order chi connectivity index (χ1) is 7.59. The predicted octanol–water partition coefficient (Wildman–Crippen LogP) is 3.37. The van der Waals surface area contributed by atoms with Crippen molar-refractivity contribution in [3.63, 3.8) is 0 Å². The van der Waals surface area contributed by atoms with Gasteiger partial charge < -0.3 is 5.32 Å². The standard InChI is InChI=1S/C13H17ClFN/c1-9-6-13(7-9,8-16-2)10-4-3-5-11(14)12(10)15/h3-5,9,16H,6-8H2,1-2H3. The monoisotopic (exact) mass is 241 g/mol. The third kappa shape index (κ3) is 1.85. The molecule has 0 heterocycles. The van der Waals surface area contributed by atoms with Crippen LogP contribution in [0.5, 0.6) is 0 Å². The highest BCUT2D eigenvalue weighted by molar-refractivity contribution is 6.30. The molecule has 0 aliphatic heterocycles. The average Bonchev–Trinajstić information content (AvgIpc) is 2.20. The Kier molecular flexibility index (Phi) is 3.22. The average molecular weight is 242 g/mol. The fraction of sp³-hybridized carbons (Fsp3) is 0.538. The highest BCUT2D eigenvalue weighted by atomic mass is 35.5. The maximum absolute atomic E-state index is 14.0. The molecule has 0 amide bonds. The van der Waals surface area contributed by atoms with Gasteiger partial charge in [-0.15, -0.1) is 0 Å². The van der Waals surface area contributed by atoms with Crippen LogP contribution in [0.15, 0.2) is 18.2 Å². The van der Waals surface area contributed by atoms with Gasteiger partial charge >= 0.3 is 0 Å². The number of hydrogen-bond acceptors (Lipinski definition) is 1. The summed E-state index contributed by atoms with van der Waals surface area (Å²) in [6.07, 6.45) is 2.07. The number of hydrogen-bond donors (Lipinski definition) is 1. The third-order valence-corrected chi connectivity index (χ3v) is 3.81. The maximum atomic E-state index is 14.0. The minimum absolute atomic E-state index is 0.0524. The second-order valence-corrected chi connectivity index (χ2v) is 5.33. The molecule has 1 aromatic carbocycles. The third-order valence-electron chi connectivity index (χ3n) is 3.52. The highest BCUT2D eigenvalue weighted by Crippen LogP contribution is 2.48. The van der Waals surface area contributed by atoms with Gasteiger partial charge in [-0.25, -0.2) is 4.39 Å². The molecule has 0 bridgehead atoms. The molecule has 16 heavy (non-hydrogen) atoms. The maximum Gasteiger partial charge on any atom is 0.145 e. The number of likely N-dealkylation sites (N-methyl/N-ethyl adjacent to an activating group) is 1. The van der Waals surface area contributed by atoms with E-state index in [0.717, 1.165) is 24.9 Å². The van der Waals surface area contributed by atoms with Crippen molar-refractivity contribution in [2.75, 3.05) is 13.6 Å². The van der Waals surface area contributed by atoms with E-state index in [-0.39, 0.29) is 16.3 Å². The van der Waals surface area contributed by atoms with Crippen LogP contribution < -0.4 is 5.32 Å². The number of benzene rings is 1. The molecular formula is C13H17ClFN. The molecule has 0 spiro atoms. The summed E-state index contributed by atoms with van der Waals surface area (Å²) in [4.78, 5) is 0. The predicted molar refractivity (Wildman–Crippen MR) is 65.4 cm³/mol. The van der Waals surface area contributed by atoms with E-state index in [1.165, 1.54) is 0 Å². The second-order valence-electron chi connectivity index (χ2n) is 4.93. The molecule has 0 unspecified atom stereocenters. The molecule has 1 aliphatic rings. The lowest BCUT2D eigenvalue weighted by molar-refractivity contribution is 0.151. The van der Waals surface area contributed by atoms with Gasteiger partial charge in [0.05, 0.1) is 5.02 Å². The van der Waals surface area contributed by atoms with Gasteiger partial charge in [0.1, 0.15) is 5.82 Å². The van der Waals surface area contributed by atoms with Crippen molar-refractivity contribution in [3.05, 3.63) is 34.6 Å². The van der Waals surface area contributed by atoms with Gasteiger partial charge in [-0.3, -0.25) is 0 Å². The van der Waals surface area contributed by atoms with E-state index in [4.69, 9.17) is 11.6 Å². The van der Waals surface area contributed by atoms with Crippen LogP contribution in [0, 0.1) is 11.7 Å². The van der Waals surface area contributed by atoms with Gasteiger partial charge in [0.15, 0.2) is 0 Å². The molecule has 1 fully saturated rings. The summed E-state index contributed by atoms with van der Waals surface area (Å²) in [5, 5.41) is 3.40. The van der Waals surface area contributed by atoms with Crippen LogP contribution in [0.4, 0.5) is 4.39 Å². The van der Waals surface area contributed by atoms with Crippen LogP contribution in [0.3, 0.4) is 0 Å². The lowest BCUT2D eigenvalue weighted by Crippen LogP contribution is -2.47. The minimum Gasteiger partial charge on any atom is -0.319 e.